The molecule has 0 aromatic carbocycles. The fourth-order valence-corrected chi connectivity index (χ4v) is 0.383. The minimum Gasteiger partial charge on any atom is -0.368 e. The molecule has 0 heterocycles. The number of carbonyl (C=O) groups excluding carboxylic acids is 1. The molecule has 4 nitrogen and oxygen atoms in total. The van der Waals surface area contributed by atoms with Crippen LogP contribution >= 0.6 is 0 Å². The number of hydrogen-bond donors (Lipinski definition) is 3. The molecule has 0 radical (unpaired) electrons. The van der Waals surface area contributed by atoms with Crippen molar-refractivity contribution in [3.8, 4) is 0 Å². The average molecular weight is 145 g/mol. The van der Waals surface area contributed by atoms with Gasteiger partial charge in [-0.3, -0.25) is 4.79 Å². The Bertz CT molecular complexity index is 151. The summed E-state index contributed by atoms with van der Waals surface area (Å²) in [7, 11) is 0. The van der Waals surface area contributed by atoms with Crippen molar-refractivity contribution in [2.45, 2.75) is 19.6 Å². The van der Waals surface area contributed by atoms with E-state index in [1.807, 2.05) is 0 Å². The molecule has 0 saturated carbocycles. The van der Waals surface area contributed by atoms with Crippen LogP contribution in [0.25, 0.3) is 0 Å². The molecule has 4 N–H and O–H groups in total. The van der Waals surface area contributed by atoms with E-state index in [4.69, 9.17) is 15.9 Å². The highest BCUT2D eigenvalue weighted by atomic mass is 16.5. The number of primary amides is 1. The van der Waals surface area contributed by atoms with Crippen molar-refractivity contribution in [1.29, 1.82) is 0 Å². The van der Waals surface area contributed by atoms with E-state index in [9.17, 15) is 4.79 Å². The van der Waals surface area contributed by atoms with Crippen LogP contribution in [-0.2, 0) is 4.79 Å². The molecule has 10 heavy (non-hydrogen) atoms. The van der Waals surface area contributed by atoms with E-state index in [1.165, 1.54) is 13.0 Å². The van der Waals surface area contributed by atoms with Gasteiger partial charge in [-0.25, -0.2) is 0 Å². The maximum atomic E-state index is 10.3. The lowest BCUT2D eigenvalue weighted by molar-refractivity contribution is -0.114. The normalized spacial score (nSPS) is 12.2. The summed E-state index contributed by atoms with van der Waals surface area (Å²) >= 11 is 0. The zero-order valence-corrected chi connectivity index (χ0v) is 5.74. The van der Waals surface area contributed by atoms with Gasteiger partial charge in [0.1, 0.15) is 0 Å². The molecule has 0 saturated heterocycles. The molecule has 0 bridgehead atoms. The van der Waals surface area contributed by atoms with Gasteiger partial charge in [-0.15, -0.1) is 0 Å². The van der Waals surface area contributed by atoms with Crippen LogP contribution in [0.3, 0.4) is 0 Å². The van der Waals surface area contributed by atoms with E-state index in [0.29, 0.717) is 5.57 Å². The molecule has 0 fully saturated rings. The standard InChI is InChI=1S/C6H11NO3/c1-4(6(7)10)2-3-5(8)9/h2,5,8-9H,3H2,1H3,(H2,7,10). The van der Waals surface area contributed by atoms with E-state index in [1.54, 1.807) is 0 Å². The van der Waals surface area contributed by atoms with E-state index in [0.717, 1.165) is 0 Å². The van der Waals surface area contributed by atoms with Gasteiger partial charge in [-0.1, -0.05) is 6.08 Å². The Labute approximate surface area is 59.0 Å². The molecule has 58 valence electrons. The Morgan fingerprint density at radius 1 is 1.70 bits per heavy atom. The lowest BCUT2D eigenvalue weighted by atomic mass is 10.2. The smallest absolute Gasteiger partial charge is 0.244 e. The molecule has 0 atom stereocenters. The van der Waals surface area contributed by atoms with Gasteiger partial charge in [0, 0.05) is 12.0 Å². The largest absolute Gasteiger partial charge is 0.368 e. The van der Waals surface area contributed by atoms with Crippen LogP contribution in [0, 0.1) is 0 Å². The quantitative estimate of drug-likeness (QED) is 0.356. The summed E-state index contributed by atoms with van der Waals surface area (Å²) < 4.78 is 0. The second kappa shape index (κ2) is 4.03. The van der Waals surface area contributed by atoms with Crippen LogP contribution < -0.4 is 5.73 Å². The minimum atomic E-state index is -1.41. The first kappa shape index (κ1) is 9.13. The molecule has 1 amide bonds. The first-order chi connectivity index (χ1) is 4.54. The molecule has 0 aliphatic carbocycles. The third kappa shape index (κ3) is 4.05. The van der Waals surface area contributed by atoms with Crippen LogP contribution in [0.5, 0.6) is 0 Å². The van der Waals surface area contributed by atoms with Gasteiger partial charge < -0.3 is 15.9 Å². The summed E-state index contributed by atoms with van der Waals surface area (Å²) in [4.78, 5) is 10.3. The van der Waals surface area contributed by atoms with E-state index < -0.39 is 12.2 Å². The average Bonchev–Trinajstić information content (AvgIpc) is 1.82. The van der Waals surface area contributed by atoms with Crippen LogP contribution in [0.1, 0.15) is 13.3 Å². The molecular weight excluding hydrogens is 134 g/mol. The molecule has 0 aliphatic rings. The van der Waals surface area contributed by atoms with Crippen molar-refractivity contribution >= 4 is 5.91 Å². The number of carbonyl (C=O) groups is 1. The van der Waals surface area contributed by atoms with Crippen molar-refractivity contribution in [2.75, 3.05) is 0 Å². The number of nitrogens with two attached hydrogens (primary N) is 1. The van der Waals surface area contributed by atoms with Gasteiger partial charge >= 0.3 is 0 Å². The first-order valence-electron chi connectivity index (χ1n) is 2.86. The SMILES string of the molecule is CC(=CCC(O)O)C(N)=O. The molecule has 0 aliphatic heterocycles. The van der Waals surface area contributed by atoms with E-state index >= 15 is 0 Å². The van der Waals surface area contributed by atoms with Crippen molar-refractivity contribution in [2.24, 2.45) is 5.73 Å². The van der Waals surface area contributed by atoms with Crippen LogP contribution in [-0.4, -0.2) is 22.4 Å². The number of aliphatic hydroxyl groups is 2. The highest BCUT2D eigenvalue weighted by Gasteiger charge is 1.98. The third-order valence-electron chi connectivity index (χ3n) is 1.02. The molecule has 0 spiro atoms. The fraction of sp³-hybridized carbons (Fsp3) is 0.500. The molecule has 0 aromatic heterocycles. The molecule has 0 unspecified atom stereocenters. The van der Waals surface area contributed by atoms with Crippen LogP contribution in [0.2, 0.25) is 0 Å². The van der Waals surface area contributed by atoms with E-state index in [2.05, 4.69) is 0 Å². The maximum Gasteiger partial charge on any atom is 0.244 e. The summed E-state index contributed by atoms with van der Waals surface area (Å²) in [6, 6.07) is 0. The lowest BCUT2D eigenvalue weighted by Gasteiger charge is -1.97. The third-order valence-corrected chi connectivity index (χ3v) is 1.02. The predicted molar refractivity (Wildman–Crippen MR) is 35.8 cm³/mol. The van der Waals surface area contributed by atoms with Gasteiger partial charge in [0.25, 0.3) is 0 Å². The molecular formula is C6H11NO3. The number of aliphatic hydroxyl groups excluding tert-OH is 1. The zero-order chi connectivity index (χ0) is 8.15. The van der Waals surface area contributed by atoms with Crippen molar-refractivity contribution in [3.05, 3.63) is 11.6 Å². The molecule has 0 rings (SSSR count). The van der Waals surface area contributed by atoms with Crippen molar-refractivity contribution < 1.29 is 15.0 Å². The Kier molecular flexibility index (Phi) is 3.68. The first-order valence-corrected chi connectivity index (χ1v) is 2.86. The van der Waals surface area contributed by atoms with Gasteiger partial charge in [0.15, 0.2) is 6.29 Å². The monoisotopic (exact) mass is 145 g/mol. The predicted octanol–water partition coefficient (Wildman–Crippen LogP) is -0.881. The zero-order valence-electron chi connectivity index (χ0n) is 5.74. The number of hydrogen-bond acceptors (Lipinski definition) is 3. The topological polar surface area (TPSA) is 83.6 Å². The molecule has 0 aromatic rings. The Morgan fingerprint density at radius 3 is 2.50 bits per heavy atom. The van der Waals surface area contributed by atoms with Crippen LogP contribution in [0.4, 0.5) is 0 Å². The van der Waals surface area contributed by atoms with Gasteiger partial charge in [0.2, 0.25) is 5.91 Å². The summed E-state index contributed by atoms with van der Waals surface area (Å²) in [5.41, 5.74) is 5.19. The van der Waals surface area contributed by atoms with Crippen molar-refractivity contribution in [3.63, 3.8) is 0 Å². The minimum absolute atomic E-state index is 0.0365. The summed E-state index contributed by atoms with van der Waals surface area (Å²) in [5.74, 6) is -0.541. The second-order valence-corrected chi connectivity index (χ2v) is 1.97. The summed E-state index contributed by atoms with van der Waals surface area (Å²) in [6.07, 6.45) is 0.0104. The van der Waals surface area contributed by atoms with Gasteiger partial charge in [-0.05, 0) is 6.92 Å². The maximum absolute atomic E-state index is 10.3. The highest BCUT2D eigenvalue weighted by molar-refractivity contribution is 5.91. The number of amides is 1. The second-order valence-electron chi connectivity index (χ2n) is 1.97. The fourth-order valence-electron chi connectivity index (χ4n) is 0.383. The number of rotatable bonds is 3. The van der Waals surface area contributed by atoms with Gasteiger partial charge in [-0.2, -0.15) is 0 Å². The Morgan fingerprint density at radius 2 is 2.20 bits per heavy atom. The van der Waals surface area contributed by atoms with Crippen molar-refractivity contribution in [1.82, 2.24) is 0 Å². The Hall–Kier alpha value is -0.870. The molecule has 4 heteroatoms. The lowest BCUT2D eigenvalue weighted by Crippen LogP contribution is -2.12. The van der Waals surface area contributed by atoms with Crippen LogP contribution in [0.15, 0.2) is 11.6 Å². The highest BCUT2D eigenvalue weighted by Crippen LogP contribution is 1.95. The Balaban J connectivity index is 3.81. The summed E-state index contributed by atoms with van der Waals surface area (Å²) in [5, 5.41) is 16.7. The van der Waals surface area contributed by atoms with Gasteiger partial charge in [0.05, 0.1) is 0 Å². The summed E-state index contributed by atoms with van der Waals surface area (Å²) in [6.45, 7) is 1.52. The van der Waals surface area contributed by atoms with E-state index in [-0.39, 0.29) is 6.42 Å².